The number of nitrogens with zero attached hydrogens (tertiary/aromatic N) is 1. The summed E-state index contributed by atoms with van der Waals surface area (Å²) in [7, 11) is 0. The molecule has 0 aliphatic rings. The van der Waals surface area contributed by atoms with Gasteiger partial charge in [0.2, 0.25) is 5.91 Å². The van der Waals surface area contributed by atoms with E-state index in [0.717, 1.165) is 11.1 Å². The third-order valence-electron chi connectivity index (χ3n) is 2.88. The zero-order valence-electron chi connectivity index (χ0n) is 11.2. The fraction of sp³-hybridized carbons (Fsp3) is 0.125. The van der Waals surface area contributed by atoms with Gasteiger partial charge in [-0.1, -0.05) is 41.9 Å². The lowest BCUT2D eigenvalue weighted by molar-refractivity contribution is -0.117. The number of pyridine rings is 1. The Morgan fingerprint density at radius 3 is 2.76 bits per heavy atom. The zero-order chi connectivity index (χ0) is 15.1. The SMILES string of the molecule is O=C(/C=C/c1ccnc(Cl)c1)NC(CO)c1ccccc1. The molecule has 0 spiro atoms. The summed E-state index contributed by atoms with van der Waals surface area (Å²) in [6.07, 6.45) is 4.61. The average Bonchev–Trinajstić information content (AvgIpc) is 2.51. The lowest BCUT2D eigenvalue weighted by Crippen LogP contribution is -2.29. The molecule has 1 amide bonds. The molecule has 1 aromatic carbocycles. The number of aromatic nitrogens is 1. The minimum Gasteiger partial charge on any atom is -0.394 e. The highest BCUT2D eigenvalue weighted by atomic mass is 35.5. The number of benzene rings is 1. The van der Waals surface area contributed by atoms with Gasteiger partial charge in [-0.2, -0.15) is 0 Å². The molecule has 1 heterocycles. The molecule has 0 aliphatic heterocycles. The number of carbonyl (C=O) groups excluding carboxylic acids is 1. The molecular formula is C16H15ClN2O2. The van der Waals surface area contributed by atoms with Crippen LogP contribution < -0.4 is 5.32 Å². The van der Waals surface area contributed by atoms with Crippen LogP contribution in [0.3, 0.4) is 0 Å². The van der Waals surface area contributed by atoms with E-state index in [1.807, 2.05) is 30.3 Å². The summed E-state index contributed by atoms with van der Waals surface area (Å²) in [6, 6.07) is 12.3. The minimum atomic E-state index is -0.427. The van der Waals surface area contributed by atoms with Crippen molar-refractivity contribution in [1.29, 1.82) is 0 Å². The van der Waals surface area contributed by atoms with Crippen molar-refractivity contribution in [3.8, 4) is 0 Å². The van der Waals surface area contributed by atoms with Crippen LogP contribution in [0, 0.1) is 0 Å². The van der Waals surface area contributed by atoms with E-state index in [1.165, 1.54) is 6.08 Å². The van der Waals surface area contributed by atoms with Crippen molar-refractivity contribution in [2.75, 3.05) is 6.61 Å². The van der Waals surface area contributed by atoms with Gasteiger partial charge >= 0.3 is 0 Å². The van der Waals surface area contributed by atoms with Crippen molar-refractivity contribution >= 4 is 23.6 Å². The van der Waals surface area contributed by atoms with Crippen molar-refractivity contribution in [2.24, 2.45) is 0 Å². The molecule has 2 rings (SSSR count). The van der Waals surface area contributed by atoms with Crippen molar-refractivity contribution in [2.45, 2.75) is 6.04 Å². The maximum Gasteiger partial charge on any atom is 0.244 e. The summed E-state index contributed by atoms with van der Waals surface area (Å²) in [5.74, 6) is -0.286. The second kappa shape index (κ2) is 7.57. The summed E-state index contributed by atoms with van der Waals surface area (Å²) >= 11 is 5.77. The first-order chi connectivity index (χ1) is 10.2. The van der Waals surface area contributed by atoms with Crippen LogP contribution >= 0.6 is 11.6 Å². The van der Waals surface area contributed by atoms with Gasteiger partial charge in [0, 0.05) is 12.3 Å². The van der Waals surface area contributed by atoms with E-state index in [1.54, 1.807) is 24.4 Å². The second-order valence-electron chi connectivity index (χ2n) is 4.40. The van der Waals surface area contributed by atoms with Gasteiger partial charge in [-0.05, 0) is 29.3 Å². The van der Waals surface area contributed by atoms with E-state index < -0.39 is 6.04 Å². The summed E-state index contributed by atoms with van der Waals surface area (Å²) in [6.45, 7) is -0.162. The van der Waals surface area contributed by atoms with Crippen LogP contribution in [0.2, 0.25) is 5.15 Å². The predicted octanol–water partition coefficient (Wildman–Crippen LogP) is 2.60. The molecule has 0 aliphatic carbocycles. The van der Waals surface area contributed by atoms with E-state index in [2.05, 4.69) is 10.3 Å². The van der Waals surface area contributed by atoms with E-state index in [-0.39, 0.29) is 12.5 Å². The molecule has 0 saturated heterocycles. The number of aliphatic hydroxyl groups is 1. The van der Waals surface area contributed by atoms with Gasteiger partial charge in [0.15, 0.2) is 0 Å². The quantitative estimate of drug-likeness (QED) is 0.659. The van der Waals surface area contributed by atoms with Gasteiger partial charge in [-0.3, -0.25) is 4.79 Å². The second-order valence-corrected chi connectivity index (χ2v) is 4.79. The summed E-state index contributed by atoms with van der Waals surface area (Å²) in [5.41, 5.74) is 1.64. The molecule has 1 atom stereocenters. The molecule has 108 valence electrons. The standard InChI is InChI=1S/C16H15ClN2O2/c17-15-10-12(8-9-18-15)6-7-16(21)19-14(11-20)13-4-2-1-3-5-13/h1-10,14,20H,11H2,(H,19,21)/b7-6+. The maximum absolute atomic E-state index is 11.9. The van der Waals surface area contributed by atoms with Gasteiger partial charge in [-0.15, -0.1) is 0 Å². The number of aliphatic hydroxyl groups excluding tert-OH is 1. The number of amides is 1. The van der Waals surface area contributed by atoms with Crippen LogP contribution in [0.15, 0.2) is 54.7 Å². The minimum absolute atomic E-state index is 0.162. The summed E-state index contributed by atoms with van der Waals surface area (Å²) in [4.78, 5) is 15.8. The number of carbonyl (C=O) groups is 1. The van der Waals surface area contributed by atoms with Gasteiger partial charge in [0.05, 0.1) is 12.6 Å². The normalized spacial score (nSPS) is 12.3. The molecule has 0 saturated carbocycles. The van der Waals surface area contributed by atoms with Crippen LogP contribution in [-0.4, -0.2) is 22.6 Å². The summed E-state index contributed by atoms with van der Waals surface area (Å²) in [5, 5.41) is 12.5. The Balaban J connectivity index is 2.00. The smallest absolute Gasteiger partial charge is 0.244 e. The molecular weight excluding hydrogens is 288 g/mol. The van der Waals surface area contributed by atoms with E-state index >= 15 is 0 Å². The Labute approximate surface area is 128 Å². The molecule has 1 aromatic heterocycles. The van der Waals surface area contributed by atoms with Gasteiger partial charge in [0.1, 0.15) is 5.15 Å². The molecule has 21 heavy (non-hydrogen) atoms. The first-order valence-corrected chi connectivity index (χ1v) is 6.83. The molecule has 1 unspecified atom stereocenters. The lowest BCUT2D eigenvalue weighted by Gasteiger charge is -2.15. The number of hydrogen-bond acceptors (Lipinski definition) is 3. The highest BCUT2D eigenvalue weighted by molar-refractivity contribution is 6.29. The first kappa shape index (κ1) is 15.2. The zero-order valence-corrected chi connectivity index (χ0v) is 12.0. The Bertz CT molecular complexity index is 629. The van der Waals surface area contributed by atoms with Crippen LogP contribution in [-0.2, 0) is 4.79 Å². The van der Waals surface area contributed by atoms with E-state index in [0.29, 0.717) is 5.15 Å². The molecule has 0 radical (unpaired) electrons. The largest absolute Gasteiger partial charge is 0.394 e. The number of halogens is 1. The van der Waals surface area contributed by atoms with Gasteiger partial charge in [0.25, 0.3) is 0 Å². The van der Waals surface area contributed by atoms with E-state index in [9.17, 15) is 9.90 Å². The van der Waals surface area contributed by atoms with Gasteiger partial charge < -0.3 is 10.4 Å². The van der Waals surface area contributed by atoms with Crippen molar-refractivity contribution in [1.82, 2.24) is 10.3 Å². The average molecular weight is 303 g/mol. The molecule has 0 fully saturated rings. The first-order valence-electron chi connectivity index (χ1n) is 6.45. The number of rotatable bonds is 5. The lowest BCUT2D eigenvalue weighted by atomic mass is 10.1. The Hall–Kier alpha value is -2.17. The van der Waals surface area contributed by atoms with Crippen LogP contribution in [0.4, 0.5) is 0 Å². The molecule has 5 heteroatoms. The maximum atomic E-state index is 11.9. The van der Waals surface area contributed by atoms with E-state index in [4.69, 9.17) is 11.6 Å². The Kier molecular flexibility index (Phi) is 5.49. The van der Waals surface area contributed by atoms with Crippen molar-refractivity contribution in [3.05, 3.63) is 71.0 Å². The molecule has 2 aromatic rings. The number of nitrogens with one attached hydrogen (secondary N) is 1. The summed E-state index contributed by atoms with van der Waals surface area (Å²) < 4.78 is 0. The van der Waals surface area contributed by atoms with Crippen molar-refractivity contribution in [3.63, 3.8) is 0 Å². The Morgan fingerprint density at radius 2 is 2.10 bits per heavy atom. The molecule has 4 nitrogen and oxygen atoms in total. The fourth-order valence-corrected chi connectivity index (χ4v) is 2.01. The fourth-order valence-electron chi connectivity index (χ4n) is 1.83. The Morgan fingerprint density at radius 1 is 1.33 bits per heavy atom. The third kappa shape index (κ3) is 4.70. The van der Waals surface area contributed by atoms with Crippen molar-refractivity contribution < 1.29 is 9.90 Å². The molecule has 2 N–H and O–H groups in total. The van der Waals surface area contributed by atoms with Gasteiger partial charge in [-0.25, -0.2) is 4.98 Å². The number of hydrogen-bond donors (Lipinski definition) is 2. The predicted molar refractivity (Wildman–Crippen MR) is 82.7 cm³/mol. The highest BCUT2D eigenvalue weighted by Gasteiger charge is 2.11. The van der Waals surface area contributed by atoms with Crippen LogP contribution in [0.5, 0.6) is 0 Å². The molecule has 0 bridgehead atoms. The third-order valence-corrected chi connectivity index (χ3v) is 3.09. The topological polar surface area (TPSA) is 62.2 Å². The van der Waals surface area contributed by atoms with Crippen LogP contribution in [0.1, 0.15) is 17.2 Å². The van der Waals surface area contributed by atoms with Crippen LogP contribution in [0.25, 0.3) is 6.08 Å². The highest BCUT2D eigenvalue weighted by Crippen LogP contribution is 2.12. The monoisotopic (exact) mass is 302 g/mol.